The molecule has 162 valence electrons. The third kappa shape index (κ3) is 6.23. The molecule has 5 heteroatoms. The van der Waals surface area contributed by atoms with Crippen molar-refractivity contribution >= 4 is 0 Å². The normalized spacial score (nSPS) is 23.5. The fourth-order valence-electron chi connectivity index (χ4n) is 3.59. The summed E-state index contributed by atoms with van der Waals surface area (Å²) >= 11 is 0. The summed E-state index contributed by atoms with van der Waals surface area (Å²) in [5.41, 5.74) is 3.13. The van der Waals surface area contributed by atoms with Crippen LogP contribution < -0.4 is 0 Å². The molecular formula is C26H28O5. The standard InChI is InChI=1S/C26H28O5/c27-26-25(30-18-22-14-8-3-9-15-22)24(29-17-21-12-6-2-7-13-21)23(19-31-26)28-16-20-10-4-1-5-11-20/h1-15,23-27H,16-19H2/t23-,24-,25-,26?/m0/s1. The van der Waals surface area contributed by atoms with Gasteiger partial charge in [-0.05, 0) is 16.7 Å². The molecule has 5 nitrogen and oxygen atoms in total. The van der Waals surface area contributed by atoms with Crippen LogP contribution in [-0.4, -0.2) is 36.3 Å². The lowest BCUT2D eigenvalue weighted by molar-refractivity contribution is -0.286. The molecule has 0 saturated carbocycles. The van der Waals surface area contributed by atoms with Gasteiger partial charge in [-0.1, -0.05) is 91.0 Å². The number of ether oxygens (including phenoxy) is 4. The van der Waals surface area contributed by atoms with E-state index < -0.39 is 18.5 Å². The van der Waals surface area contributed by atoms with Gasteiger partial charge in [0.25, 0.3) is 0 Å². The first-order valence-electron chi connectivity index (χ1n) is 10.6. The number of rotatable bonds is 9. The van der Waals surface area contributed by atoms with Gasteiger partial charge < -0.3 is 24.1 Å². The monoisotopic (exact) mass is 420 g/mol. The van der Waals surface area contributed by atoms with Crippen LogP contribution in [0, 0.1) is 0 Å². The van der Waals surface area contributed by atoms with E-state index in [-0.39, 0.29) is 12.7 Å². The summed E-state index contributed by atoms with van der Waals surface area (Å²) in [6, 6.07) is 29.8. The highest BCUT2D eigenvalue weighted by molar-refractivity contribution is 5.15. The molecular weight excluding hydrogens is 392 g/mol. The molecule has 1 unspecified atom stereocenters. The van der Waals surface area contributed by atoms with E-state index in [0.717, 1.165) is 16.7 Å². The molecule has 3 aromatic rings. The van der Waals surface area contributed by atoms with Crippen molar-refractivity contribution in [3.05, 3.63) is 108 Å². The Morgan fingerprint density at radius 1 is 0.613 bits per heavy atom. The number of hydrogen-bond donors (Lipinski definition) is 1. The maximum Gasteiger partial charge on any atom is 0.183 e. The molecule has 1 saturated heterocycles. The van der Waals surface area contributed by atoms with Crippen LogP contribution in [0.15, 0.2) is 91.0 Å². The smallest absolute Gasteiger partial charge is 0.183 e. The van der Waals surface area contributed by atoms with Crippen LogP contribution in [-0.2, 0) is 38.8 Å². The summed E-state index contributed by atoms with van der Waals surface area (Å²) in [7, 11) is 0. The van der Waals surface area contributed by atoms with Crippen molar-refractivity contribution in [2.45, 2.75) is 44.4 Å². The Bertz CT molecular complexity index is 887. The van der Waals surface area contributed by atoms with E-state index in [1.54, 1.807) is 0 Å². The van der Waals surface area contributed by atoms with Gasteiger partial charge in [0.15, 0.2) is 6.29 Å². The van der Waals surface area contributed by atoms with Crippen LogP contribution in [0.2, 0.25) is 0 Å². The molecule has 0 aromatic heterocycles. The lowest BCUT2D eigenvalue weighted by Crippen LogP contribution is -2.56. The third-order valence-corrected chi connectivity index (χ3v) is 5.28. The van der Waals surface area contributed by atoms with Crippen molar-refractivity contribution in [1.82, 2.24) is 0 Å². The predicted octanol–water partition coefficient (Wildman–Crippen LogP) is 4.09. The van der Waals surface area contributed by atoms with E-state index in [1.807, 2.05) is 91.0 Å². The van der Waals surface area contributed by atoms with Crippen LogP contribution >= 0.6 is 0 Å². The minimum atomic E-state index is -1.08. The Hall–Kier alpha value is -2.54. The molecule has 0 spiro atoms. The summed E-state index contributed by atoms with van der Waals surface area (Å²) < 4.78 is 24.1. The van der Waals surface area contributed by atoms with Crippen LogP contribution in [0.25, 0.3) is 0 Å². The van der Waals surface area contributed by atoms with Crippen LogP contribution in [0.5, 0.6) is 0 Å². The number of benzene rings is 3. The topological polar surface area (TPSA) is 57.2 Å². The second-order valence-electron chi connectivity index (χ2n) is 7.58. The van der Waals surface area contributed by atoms with Crippen molar-refractivity contribution in [2.24, 2.45) is 0 Å². The number of aliphatic hydroxyl groups excluding tert-OH is 1. The lowest BCUT2D eigenvalue weighted by Gasteiger charge is -2.40. The molecule has 0 radical (unpaired) electrons. The zero-order valence-corrected chi connectivity index (χ0v) is 17.4. The van der Waals surface area contributed by atoms with Gasteiger partial charge >= 0.3 is 0 Å². The van der Waals surface area contributed by atoms with Crippen molar-refractivity contribution in [2.75, 3.05) is 6.61 Å². The first-order chi connectivity index (χ1) is 15.3. The van der Waals surface area contributed by atoms with E-state index in [1.165, 1.54) is 0 Å². The van der Waals surface area contributed by atoms with E-state index in [2.05, 4.69) is 0 Å². The third-order valence-electron chi connectivity index (χ3n) is 5.28. The van der Waals surface area contributed by atoms with E-state index >= 15 is 0 Å². The lowest BCUT2D eigenvalue weighted by atomic mass is 10.0. The van der Waals surface area contributed by atoms with Gasteiger partial charge in [-0.3, -0.25) is 0 Å². The minimum absolute atomic E-state index is 0.235. The zero-order valence-electron chi connectivity index (χ0n) is 17.4. The highest BCUT2D eigenvalue weighted by atomic mass is 16.7. The maximum atomic E-state index is 10.5. The largest absolute Gasteiger partial charge is 0.368 e. The van der Waals surface area contributed by atoms with Crippen molar-refractivity contribution in [3.8, 4) is 0 Å². The van der Waals surface area contributed by atoms with E-state index in [0.29, 0.717) is 19.8 Å². The zero-order chi connectivity index (χ0) is 21.3. The second-order valence-corrected chi connectivity index (χ2v) is 7.58. The van der Waals surface area contributed by atoms with Gasteiger partial charge in [-0.25, -0.2) is 0 Å². The maximum absolute atomic E-state index is 10.5. The molecule has 0 amide bonds. The summed E-state index contributed by atoms with van der Waals surface area (Å²) in [5.74, 6) is 0. The van der Waals surface area contributed by atoms with Gasteiger partial charge in [0.05, 0.1) is 26.4 Å². The van der Waals surface area contributed by atoms with Crippen molar-refractivity contribution in [3.63, 3.8) is 0 Å². The first-order valence-corrected chi connectivity index (χ1v) is 10.6. The van der Waals surface area contributed by atoms with Gasteiger partial charge in [-0.2, -0.15) is 0 Å². The molecule has 3 aromatic carbocycles. The van der Waals surface area contributed by atoms with Crippen LogP contribution in [0.3, 0.4) is 0 Å². The molecule has 1 aliphatic heterocycles. The molecule has 4 rings (SSSR count). The molecule has 0 bridgehead atoms. The molecule has 1 fully saturated rings. The summed E-state index contributed by atoms with van der Waals surface area (Å²) in [5, 5.41) is 10.5. The van der Waals surface area contributed by atoms with Crippen molar-refractivity contribution < 1.29 is 24.1 Å². The Labute approximate surface area is 183 Å². The van der Waals surface area contributed by atoms with E-state index in [4.69, 9.17) is 18.9 Å². The van der Waals surface area contributed by atoms with Gasteiger partial charge in [0.1, 0.15) is 18.3 Å². The SMILES string of the molecule is OC1OC[C@H](OCc2ccccc2)[C@H](OCc2ccccc2)[C@@H]1OCc1ccccc1. The minimum Gasteiger partial charge on any atom is -0.368 e. The van der Waals surface area contributed by atoms with E-state index in [9.17, 15) is 5.11 Å². The Kier molecular flexibility index (Phi) is 7.82. The fourth-order valence-corrected chi connectivity index (χ4v) is 3.59. The average molecular weight is 421 g/mol. The second kappa shape index (κ2) is 11.2. The Balaban J connectivity index is 1.46. The molecule has 31 heavy (non-hydrogen) atoms. The van der Waals surface area contributed by atoms with Gasteiger partial charge in [0.2, 0.25) is 0 Å². The predicted molar refractivity (Wildman–Crippen MR) is 117 cm³/mol. The summed E-state index contributed by atoms with van der Waals surface area (Å²) in [6.45, 7) is 1.41. The highest BCUT2D eigenvalue weighted by Crippen LogP contribution is 2.25. The summed E-state index contributed by atoms with van der Waals surface area (Å²) in [6.07, 6.45) is -2.59. The quantitative estimate of drug-likeness (QED) is 0.565. The average Bonchev–Trinajstić information content (AvgIpc) is 2.83. The Morgan fingerprint density at radius 2 is 1.03 bits per heavy atom. The molecule has 1 N–H and O–H groups in total. The molecule has 4 atom stereocenters. The van der Waals surface area contributed by atoms with Gasteiger partial charge in [0, 0.05) is 0 Å². The van der Waals surface area contributed by atoms with Crippen molar-refractivity contribution in [1.29, 1.82) is 0 Å². The van der Waals surface area contributed by atoms with Crippen LogP contribution in [0.1, 0.15) is 16.7 Å². The Morgan fingerprint density at radius 3 is 1.52 bits per heavy atom. The number of aliphatic hydroxyl groups is 1. The van der Waals surface area contributed by atoms with Gasteiger partial charge in [-0.15, -0.1) is 0 Å². The summed E-state index contributed by atoms with van der Waals surface area (Å²) in [4.78, 5) is 0. The molecule has 1 heterocycles. The molecule has 1 aliphatic rings. The number of hydrogen-bond acceptors (Lipinski definition) is 5. The molecule has 0 aliphatic carbocycles. The first kappa shape index (κ1) is 21.7. The highest BCUT2D eigenvalue weighted by Gasteiger charge is 2.42. The fraction of sp³-hybridized carbons (Fsp3) is 0.308. The van der Waals surface area contributed by atoms with Crippen LogP contribution in [0.4, 0.5) is 0 Å².